The van der Waals surface area contributed by atoms with E-state index in [1.807, 2.05) is 0 Å². The second-order valence-corrected chi connectivity index (χ2v) is 3.52. The lowest BCUT2D eigenvalue weighted by molar-refractivity contribution is -0.134. The van der Waals surface area contributed by atoms with Crippen LogP contribution in [0.25, 0.3) is 6.08 Å². The normalized spacial score (nSPS) is 10.3. The first-order chi connectivity index (χ1) is 7.19. The Labute approximate surface area is 95.9 Å². The Bertz CT molecular complexity index is 410. The minimum atomic E-state index is -0.432. The molecule has 0 aliphatic carbocycles. The Kier molecular flexibility index (Phi) is 4.24. The molecule has 15 heavy (non-hydrogen) atoms. The maximum atomic E-state index is 10.9. The summed E-state index contributed by atoms with van der Waals surface area (Å²) < 4.78 is 5.12. The fourth-order valence-corrected chi connectivity index (χ4v) is 1.50. The predicted molar refractivity (Wildman–Crippen MR) is 60.6 cm³/mol. The summed E-state index contributed by atoms with van der Waals surface area (Å²) in [4.78, 5) is 21.5. The summed E-state index contributed by atoms with van der Waals surface area (Å²) in [6, 6.07) is 5.22. The van der Waals surface area contributed by atoms with E-state index in [1.54, 1.807) is 24.3 Å². The molecule has 0 unspecified atom stereocenters. The highest BCUT2D eigenvalue weighted by atomic mass is 79.9. The van der Waals surface area contributed by atoms with Crippen molar-refractivity contribution >= 4 is 34.3 Å². The van der Waals surface area contributed by atoms with Crippen LogP contribution in [0.5, 0.6) is 0 Å². The Morgan fingerprint density at radius 2 is 2.07 bits per heavy atom. The largest absolute Gasteiger partial charge is 0.466 e. The zero-order valence-corrected chi connectivity index (χ0v) is 9.65. The Morgan fingerprint density at radius 1 is 1.40 bits per heavy atom. The van der Waals surface area contributed by atoms with Gasteiger partial charge in [0.05, 0.1) is 7.11 Å². The van der Waals surface area contributed by atoms with Gasteiger partial charge in [-0.1, -0.05) is 18.2 Å². The van der Waals surface area contributed by atoms with Gasteiger partial charge in [-0.25, -0.2) is 4.79 Å². The number of methoxy groups -OCH3 is 1. The molecule has 0 aliphatic heterocycles. The second kappa shape index (κ2) is 5.46. The molecule has 1 aromatic carbocycles. The highest BCUT2D eigenvalue weighted by molar-refractivity contribution is 9.10. The van der Waals surface area contributed by atoms with Crippen molar-refractivity contribution in [3.05, 3.63) is 39.9 Å². The molecule has 0 atom stereocenters. The van der Waals surface area contributed by atoms with Gasteiger partial charge in [0.25, 0.3) is 0 Å². The van der Waals surface area contributed by atoms with Crippen molar-refractivity contribution < 1.29 is 14.3 Å². The number of aldehydes is 1. The lowest BCUT2D eigenvalue weighted by atomic mass is 10.1. The van der Waals surface area contributed by atoms with Crippen molar-refractivity contribution in [3.63, 3.8) is 0 Å². The van der Waals surface area contributed by atoms with Crippen molar-refractivity contribution in [1.29, 1.82) is 0 Å². The van der Waals surface area contributed by atoms with Crippen molar-refractivity contribution in [3.8, 4) is 0 Å². The van der Waals surface area contributed by atoms with Crippen molar-refractivity contribution in [2.24, 2.45) is 0 Å². The van der Waals surface area contributed by atoms with Crippen LogP contribution >= 0.6 is 15.9 Å². The molecule has 1 aromatic rings. The molecule has 0 radical (unpaired) electrons. The third-order valence-corrected chi connectivity index (χ3v) is 2.70. The number of rotatable bonds is 3. The molecule has 0 N–H and O–H groups in total. The minimum absolute atomic E-state index is 0.432. The van der Waals surface area contributed by atoms with Crippen LogP contribution < -0.4 is 0 Å². The average molecular weight is 269 g/mol. The van der Waals surface area contributed by atoms with Gasteiger partial charge in [0.15, 0.2) is 6.29 Å². The molecule has 3 nitrogen and oxygen atoms in total. The molecule has 0 spiro atoms. The zero-order chi connectivity index (χ0) is 11.3. The first-order valence-electron chi connectivity index (χ1n) is 4.18. The second-order valence-electron chi connectivity index (χ2n) is 2.72. The van der Waals surface area contributed by atoms with Gasteiger partial charge in [-0.3, -0.25) is 4.79 Å². The molecule has 4 heteroatoms. The van der Waals surface area contributed by atoms with E-state index in [9.17, 15) is 9.59 Å². The fraction of sp³-hybridized carbons (Fsp3) is 0.0909. The van der Waals surface area contributed by atoms with Crippen molar-refractivity contribution in [2.75, 3.05) is 7.11 Å². The molecular formula is C11H9BrO3. The number of benzene rings is 1. The summed E-state index contributed by atoms with van der Waals surface area (Å²) in [6.45, 7) is 0. The number of hydrogen-bond acceptors (Lipinski definition) is 3. The maximum absolute atomic E-state index is 10.9. The van der Waals surface area contributed by atoms with E-state index in [0.29, 0.717) is 10.0 Å². The van der Waals surface area contributed by atoms with Gasteiger partial charge in [-0.05, 0) is 27.6 Å². The van der Waals surface area contributed by atoms with E-state index in [4.69, 9.17) is 0 Å². The zero-order valence-electron chi connectivity index (χ0n) is 8.07. The number of ether oxygens (including phenoxy) is 1. The van der Waals surface area contributed by atoms with Crippen LogP contribution in [0.3, 0.4) is 0 Å². The average Bonchev–Trinajstić information content (AvgIpc) is 2.27. The molecule has 0 amide bonds. The van der Waals surface area contributed by atoms with Gasteiger partial charge in [0, 0.05) is 16.1 Å². The number of carbonyl (C=O) groups excluding carboxylic acids is 2. The Hall–Kier alpha value is -1.42. The highest BCUT2D eigenvalue weighted by Gasteiger charge is 2.02. The molecule has 0 aliphatic rings. The smallest absolute Gasteiger partial charge is 0.330 e. The molecule has 0 heterocycles. The van der Waals surface area contributed by atoms with Crippen LogP contribution in [0.4, 0.5) is 0 Å². The van der Waals surface area contributed by atoms with E-state index >= 15 is 0 Å². The van der Waals surface area contributed by atoms with Crippen molar-refractivity contribution in [2.45, 2.75) is 0 Å². The predicted octanol–water partition coefficient (Wildman–Crippen LogP) is 2.45. The van der Waals surface area contributed by atoms with Crippen LogP contribution in [-0.2, 0) is 9.53 Å². The molecule has 0 saturated heterocycles. The van der Waals surface area contributed by atoms with Crippen LogP contribution in [0, 0.1) is 0 Å². The summed E-state index contributed by atoms with van der Waals surface area (Å²) in [5, 5.41) is 0. The highest BCUT2D eigenvalue weighted by Crippen LogP contribution is 2.21. The number of hydrogen-bond donors (Lipinski definition) is 0. The molecular weight excluding hydrogens is 260 g/mol. The van der Waals surface area contributed by atoms with E-state index in [-0.39, 0.29) is 0 Å². The molecule has 0 aromatic heterocycles. The topological polar surface area (TPSA) is 43.4 Å². The monoisotopic (exact) mass is 268 g/mol. The Balaban J connectivity index is 3.00. The number of carbonyl (C=O) groups is 2. The third kappa shape index (κ3) is 3.02. The van der Waals surface area contributed by atoms with Gasteiger partial charge < -0.3 is 4.74 Å². The first-order valence-corrected chi connectivity index (χ1v) is 4.98. The van der Waals surface area contributed by atoms with Gasteiger partial charge in [-0.2, -0.15) is 0 Å². The number of halogens is 1. The SMILES string of the molecule is COC(=O)C=Cc1cccc(C=O)c1Br. The van der Waals surface area contributed by atoms with Crippen molar-refractivity contribution in [1.82, 2.24) is 0 Å². The van der Waals surface area contributed by atoms with Gasteiger partial charge in [0.1, 0.15) is 0 Å². The number of esters is 1. The molecule has 0 bridgehead atoms. The summed E-state index contributed by atoms with van der Waals surface area (Å²) in [5.74, 6) is -0.432. The van der Waals surface area contributed by atoms with Crippen LogP contribution in [0.2, 0.25) is 0 Å². The molecule has 78 valence electrons. The quantitative estimate of drug-likeness (QED) is 0.481. The Morgan fingerprint density at radius 3 is 2.67 bits per heavy atom. The summed E-state index contributed by atoms with van der Waals surface area (Å²) in [7, 11) is 1.31. The van der Waals surface area contributed by atoms with Gasteiger partial charge in [-0.15, -0.1) is 0 Å². The minimum Gasteiger partial charge on any atom is -0.466 e. The first kappa shape index (κ1) is 11.7. The van der Waals surface area contributed by atoms with E-state index < -0.39 is 5.97 Å². The van der Waals surface area contributed by atoms with Crippen LogP contribution in [0.15, 0.2) is 28.7 Å². The standard InChI is InChI=1S/C11H9BrO3/c1-15-10(14)6-5-8-3-2-4-9(7-13)11(8)12/h2-7H,1H3. The van der Waals surface area contributed by atoms with E-state index in [2.05, 4.69) is 20.7 Å². The van der Waals surface area contributed by atoms with Gasteiger partial charge >= 0.3 is 5.97 Å². The van der Waals surface area contributed by atoms with Crippen LogP contribution in [-0.4, -0.2) is 19.4 Å². The van der Waals surface area contributed by atoms with E-state index in [1.165, 1.54) is 13.2 Å². The summed E-state index contributed by atoms with van der Waals surface area (Å²) in [6.07, 6.45) is 3.64. The summed E-state index contributed by atoms with van der Waals surface area (Å²) >= 11 is 3.28. The van der Waals surface area contributed by atoms with Gasteiger partial charge in [0.2, 0.25) is 0 Å². The molecule has 0 saturated carbocycles. The maximum Gasteiger partial charge on any atom is 0.330 e. The third-order valence-electron chi connectivity index (χ3n) is 1.79. The molecule has 1 rings (SSSR count). The summed E-state index contributed by atoms with van der Waals surface area (Å²) in [5.41, 5.74) is 1.30. The fourth-order valence-electron chi connectivity index (χ4n) is 1.01. The lowest BCUT2D eigenvalue weighted by Gasteiger charge is -2.00. The molecule has 0 fully saturated rings. The van der Waals surface area contributed by atoms with E-state index in [0.717, 1.165) is 11.8 Å². The van der Waals surface area contributed by atoms with Crippen LogP contribution in [0.1, 0.15) is 15.9 Å². The lowest BCUT2D eigenvalue weighted by Crippen LogP contribution is -1.93.